The maximum atomic E-state index is 10.3. The van der Waals surface area contributed by atoms with Crippen LogP contribution >= 0.6 is 0 Å². The number of carboxylic acid groups (broad SMARTS) is 2. The van der Waals surface area contributed by atoms with Crippen LogP contribution in [-0.2, 0) is 90.1 Å². The van der Waals surface area contributed by atoms with Crippen LogP contribution < -0.4 is 0 Å². The maximum Gasteiger partial charge on any atom is 0.331 e. The van der Waals surface area contributed by atoms with E-state index >= 15 is 0 Å². The van der Waals surface area contributed by atoms with Crippen LogP contribution in [0.5, 0.6) is 0 Å². The minimum Gasteiger partial charge on any atom is -0.499 e. The van der Waals surface area contributed by atoms with Gasteiger partial charge in [-0.2, -0.15) is 0 Å². The second-order valence-electron chi connectivity index (χ2n) is 11.1. The van der Waals surface area contributed by atoms with E-state index in [0.29, 0.717) is 198 Å². The van der Waals surface area contributed by atoms with Crippen molar-refractivity contribution < 1.29 is 100 Å². The van der Waals surface area contributed by atoms with Crippen molar-refractivity contribution >= 4 is 11.9 Å². The largest absolute Gasteiger partial charge is 0.499 e. The Bertz CT molecular complexity index is 856. The molecule has 0 aliphatic rings. The van der Waals surface area contributed by atoms with Crippen LogP contribution in [0.1, 0.15) is 0 Å². The standard InChI is InChI=1S/C37H70O21/c38-36(39)1-2-42-3-4-43-5-6-44-7-8-45-9-10-46-11-12-47-13-14-48-15-16-49-17-18-50-19-20-51-21-22-52-23-24-53-25-26-54-27-28-55-29-30-56-31-32-57-33-34-58-35-37(40)41/h1-2H,3-35H2,(H,38,39)(H,40,41). The molecule has 0 unspecified atom stereocenters. The molecule has 0 aromatic carbocycles. The van der Waals surface area contributed by atoms with Crippen LogP contribution in [0.4, 0.5) is 0 Å². The number of ether oxygens (including phenoxy) is 17. The lowest BCUT2D eigenvalue weighted by molar-refractivity contribution is -0.142. The van der Waals surface area contributed by atoms with Crippen molar-refractivity contribution in [3.63, 3.8) is 0 Å². The molecule has 2 N–H and O–H groups in total. The van der Waals surface area contributed by atoms with Crippen LogP contribution in [0.25, 0.3) is 0 Å². The van der Waals surface area contributed by atoms with Crippen molar-refractivity contribution in [2.24, 2.45) is 0 Å². The lowest BCUT2D eigenvalue weighted by atomic mass is 10.6. The molecule has 0 radical (unpaired) electrons. The first-order chi connectivity index (χ1) is 28.6. The normalized spacial score (nSPS) is 11.6. The first-order valence-electron chi connectivity index (χ1n) is 19.6. The zero-order valence-electron chi connectivity index (χ0n) is 34.1. The smallest absolute Gasteiger partial charge is 0.331 e. The molecule has 0 heterocycles. The van der Waals surface area contributed by atoms with Crippen LogP contribution in [0.15, 0.2) is 12.3 Å². The molecular formula is C37H70O21. The van der Waals surface area contributed by atoms with Gasteiger partial charge in [-0.3, -0.25) is 0 Å². The Labute approximate surface area is 342 Å². The number of hydrogen-bond acceptors (Lipinski definition) is 19. The van der Waals surface area contributed by atoms with Crippen LogP contribution in [0, 0.1) is 0 Å². The topological polar surface area (TPSA) is 232 Å². The van der Waals surface area contributed by atoms with E-state index in [2.05, 4.69) is 0 Å². The molecule has 0 rings (SSSR count). The molecule has 58 heavy (non-hydrogen) atoms. The summed E-state index contributed by atoms with van der Waals surface area (Å²) in [6.07, 6.45) is 2.03. The van der Waals surface area contributed by atoms with Crippen LogP contribution in [-0.4, -0.2) is 240 Å². The molecule has 0 saturated carbocycles. The Morgan fingerprint density at radius 1 is 0.276 bits per heavy atom. The van der Waals surface area contributed by atoms with Gasteiger partial charge in [0, 0.05) is 0 Å². The van der Waals surface area contributed by atoms with E-state index in [1.807, 2.05) is 0 Å². The average molecular weight is 851 g/mol. The van der Waals surface area contributed by atoms with Gasteiger partial charge in [-0.05, 0) is 0 Å². The van der Waals surface area contributed by atoms with Crippen molar-refractivity contribution in [3.05, 3.63) is 12.3 Å². The van der Waals surface area contributed by atoms with Crippen molar-refractivity contribution in [3.8, 4) is 0 Å². The Balaban J connectivity index is 3.07. The van der Waals surface area contributed by atoms with E-state index < -0.39 is 11.9 Å². The molecule has 0 bridgehead atoms. The summed E-state index contributed by atoms with van der Waals surface area (Å²) in [5, 5.41) is 16.8. The van der Waals surface area contributed by atoms with Gasteiger partial charge in [0.05, 0.1) is 217 Å². The first kappa shape index (κ1) is 55.8. The minimum atomic E-state index is -1.06. The van der Waals surface area contributed by atoms with Crippen molar-refractivity contribution in [1.82, 2.24) is 0 Å². The first-order valence-corrected chi connectivity index (χ1v) is 19.6. The number of aliphatic carboxylic acids is 2. The molecule has 0 atom stereocenters. The molecule has 0 aromatic heterocycles. The van der Waals surface area contributed by atoms with E-state index in [0.717, 1.165) is 12.3 Å². The summed E-state index contributed by atoms with van der Waals surface area (Å²) < 4.78 is 91.2. The fourth-order valence-electron chi connectivity index (χ4n) is 3.74. The predicted octanol–water partition coefficient (Wildman–Crippen LogP) is -0.0485. The monoisotopic (exact) mass is 850 g/mol. The fraction of sp³-hybridized carbons (Fsp3) is 0.892. The summed E-state index contributed by atoms with van der Waals surface area (Å²) in [6.45, 7) is 13.8. The Hall–Kier alpha value is -2.16. The fourth-order valence-corrected chi connectivity index (χ4v) is 3.74. The van der Waals surface area contributed by atoms with E-state index in [1.54, 1.807) is 0 Å². The molecule has 0 aromatic rings. The van der Waals surface area contributed by atoms with Gasteiger partial charge in [0.25, 0.3) is 0 Å². The number of rotatable bonds is 52. The molecular weight excluding hydrogens is 780 g/mol. The van der Waals surface area contributed by atoms with Crippen LogP contribution in [0.2, 0.25) is 0 Å². The highest BCUT2D eigenvalue weighted by atomic mass is 16.6. The van der Waals surface area contributed by atoms with E-state index in [9.17, 15) is 9.59 Å². The Morgan fingerprint density at radius 3 is 0.621 bits per heavy atom. The predicted molar refractivity (Wildman–Crippen MR) is 203 cm³/mol. The maximum absolute atomic E-state index is 10.3. The minimum absolute atomic E-state index is 0.233. The molecule has 0 fully saturated rings. The van der Waals surface area contributed by atoms with Gasteiger partial charge in [0.15, 0.2) is 0 Å². The lowest BCUT2D eigenvalue weighted by Gasteiger charge is -2.09. The molecule has 21 heteroatoms. The summed E-state index contributed by atoms with van der Waals surface area (Å²) >= 11 is 0. The van der Waals surface area contributed by atoms with E-state index in [-0.39, 0.29) is 19.8 Å². The second-order valence-corrected chi connectivity index (χ2v) is 11.1. The molecule has 21 nitrogen and oxygen atoms in total. The van der Waals surface area contributed by atoms with Gasteiger partial charge in [-0.25, -0.2) is 9.59 Å². The van der Waals surface area contributed by atoms with Crippen molar-refractivity contribution in [2.75, 3.05) is 218 Å². The zero-order valence-corrected chi connectivity index (χ0v) is 34.1. The average Bonchev–Trinajstić information content (AvgIpc) is 3.21. The van der Waals surface area contributed by atoms with Gasteiger partial charge >= 0.3 is 11.9 Å². The SMILES string of the molecule is O=C(O)C=COCCOCCOCCOCCOCCOCCOCCOCCOCCOCCOCCOCCOCCOCCOCCOCCOCC(=O)O. The molecule has 0 aliphatic heterocycles. The van der Waals surface area contributed by atoms with Gasteiger partial charge in [0.2, 0.25) is 0 Å². The summed E-state index contributed by atoms with van der Waals surface area (Å²) in [6, 6.07) is 0. The lowest BCUT2D eigenvalue weighted by Crippen LogP contribution is -2.16. The zero-order chi connectivity index (χ0) is 41.9. The summed E-state index contributed by atoms with van der Waals surface area (Å²) in [7, 11) is 0. The summed E-state index contributed by atoms with van der Waals surface area (Å²) in [5.41, 5.74) is 0. The van der Waals surface area contributed by atoms with E-state index in [4.69, 9.17) is 90.7 Å². The van der Waals surface area contributed by atoms with Crippen molar-refractivity contribution in [2.45, 2.75) is 0 Å². The summed E-state index contributed by atoms with van der Waals surface area (Å²) in [5.74, 6) is -2.06. The third kappa shape index (κ3) is 53.8. The third-order valence-corrected chi connectivity index (χ3v) is 6.46. The highest BCUT2D eigenvalue weighted by Crippen LogP contribution is 1.89. The number of carboxylic acids is 2. The Morgan fingerprint density at radius 2 is 0.448 bits per heavy atom. The molecule has 0 aliphatic carbocycles. The number of carbonyl (C=O) groups is 2. The third-order valence-electron chi connectivity index (χ3n) is 6.46. The highest BCUT2D eigenvalue weighted by Gasteiger charge is 1.99. The second kappa shape index (κ2) is 51.0. The van der Waals surface area contributed by atoms with E-state index in [1.165, 1.54) is 0 Å². The summed E-state index contributed by atoms with van der Waals surface area (Å²) in [4.78, 5) is 20.5. The van der Waals surface area contributed by atoms with Gasteiger partial charge in [0.1, 0.15) is 13.2 Å². The quantitative estimate of drug-likeness (QED) is 0.0464. The highest BCUT2D eigenvalue weighted by molar-refractivity contribution is 5.79. The molecule has 0 saturated heterocycles. The van der Waals surface area contributed by atoms with Crippen molar-refractivity contribution in [1.29, 1.82) is 0 Å². The van der Waals surface area contributed by atoms with Crippen LogP contribution in [0.3, 0.4) is 0 Å². The van der Waals surface area contributed by atoms with Gasteiger partial charge < -0.3 is 90.7 Å². The molecule has 344 valence electrons. The molecule has 0 amide bonds. The Kier molecular flexibility index (Phi) is 49.1. The number of hydrogen-bond donors (Lipinski definition) is 2. The van der Waals surface area contributed by atoms with Gasteiger partial charge in [-0.15, -0.1) is 0 Å². The van der Waals surface area contributed by atoms with Gasteiger partial charge in [-0.1, -0.05) is 0 Å². The molecule has 0 spiro atoms.